The van der Waals surface area contributed by atoms with Gasteiger partial charge in [-0.25, -0.2) is 0 Å². The van der Waals surface area contributed by atoms with Gasteiger partial charge in [0.15, 0.2) is 11.5 Å². The average Bonchev–Trinajstić information content (AvgIpc) is 3.13. The van der Waals surface area contributed by atoms with Crippen molar-refractivity contribution in [1.29, 1.82) is 0 Å². The summed E-state index contributed by atoms with van der Waals surface area (Å²) in [4.78, 5) is 7.55. The van der Waals surface area contributed by atoms with Gasteiger partial charge >= 0.3 is 0 Å². The van der Waals surface area contributed by atoms with E-state index in [-0.39, 0.29) is 0 Å². The first-order valence-electron chi connectivity index (χ1n) is 10.9. The van der Waals surface area contributed by atoms with E-state index >= 15 is 0 Å². The molecule has 1 fully saturated rings. The monoisotopic (exact) mass is 383 g/mol. The lowest BCUT2D eigenvalue weighted by atomic mass is 10.0. The van der Waals surface area contributed by atoms with Crippen molar-refractivity contribution >= 4 is 16.6 Å². The molecule has 0 radical (unpaired) electrons. The summed E-state index contributed by atoms with van der Waals surface area (Å²) in [5.41, 5.74) is 4.84. The molecule has 2 aromatic rings. The maximum absolute atomic E-state index is 6.13. The number of methoxy groups -OCH3 is 1. The van der Waals surface area contributed by atoms with Crippen molar-refractivity contribution in [1.82, 2.24) is 9.88 Å². The van der Waals surface area contributed by atoms with Crippen LogP contribution in [-0.4, -0.2) is 50.3 Å². The predicted octanol–water partition coefficient (Wildman–Crippen LogP) is 4.42. The van der Waals surface area contributed by atoms with Crippen LogP contribution in [0.1, 0.15) is 49.8 Å². The van der Waals surface area contributed by atoms with Gasteiger partial charge in [0.2, 0.25) is 0 Å². The summed E-state index contributed by atoms with van der Waals surface area (Å²) < 4.78 is 11.8. The fourth-order valence-corrected chi connectivity index (χ4v) is 4.64. The summed E-state index contributed by atoms with van der Waals surface area (Å²) in [5, 5.41) is 4.57. The third-order valence-electron chi connectivity index (χ3n) is 6.12. The molecule has 1 aromatic heterocycles. The second-order valence-electron chi connectivity index (χ2n) is 7.99. The highest BCUT2D eigenvalue weighted by Gasteiger charge is 2.19. The van der Waals surface area contributed by atoms with Gasteiger partial charge < -0.3 is 19.7 Å². The Balaban J connectivity index is 1.58. The molecule has 0 atom stereocenters. The molecule has 152 valence electrons. The number of rotatable bonds is 7. The fraction of sp³-hybridized carbons (Fsp3) is 0.609. The van der Waals surface area contributed by atoms with E-state index in [1.54, 1.807) is 7.11 Å². The fourth-order valence-electron chi connectivity index (χ4n) is 4.64. The first-order chi connectivity index (χ1) is 13.8. The van der Waals surface area contributed by atoms with E-state index in [1.807, 2.05) is 7.05 Å². The quantitative estimate of drug-likeness (QED) is 0.566. The zero-order valence-electron chi connectivity index (χ0n) is 17.4. The Labute approximate surface area is 168 Å². The Morgan fingerprint density at radius 2 is 1.86 bits per heavy atom. The predicted molar refractivity (Wildman–Crippen MR) is 115 cm³/mol. The Morgan fingerprint density at radius 1 is 1.04 bits per heavy atom. The van der Waals surface area contributed by atoms with Gasteiger partial charge in [0, 0.05) is 36.4 Å². The molecule has 28 heavy (non-hydrogen) atoms. The Morgan fingerprint density at radius 3 is 2.64 bits per heavy atom. The van der Waals surface area contributed by atoms with Crippen LogP contribution < -0.4 is 14.8 Å². The van der Waals surface area contributed by atoms with Crippen LogP contribution in [0.2, 0.25) is 0 Å². The van der Waals surface area contributed by atoms with E-state index in [0.29, 0.717) is 6.61 Å². The first-order valence-corrected chi connectivity index (χ1v) is 10.9. The number of pyridine rings is 1. The molecule has 0 unspecified atom stereocenters. The molecule has 1 N–H and O–H groups in total. The zero-order valence-corrected chi connectivity index (χ0v) is 17.4. The van der Waals surface area contributed by atoms with E-state index in [0.717, 1.165) is 48.2 Å². The molecule has 1 aliphatic heterocycles. The second kappa shape index (κ2) is 8.99. The molecule has 0 bridgehead atoms. The molecule has 1 saturated heterocycles. The summed E-state index contributed by atoms with van der Waals surface area (Å²) in [6, 6.07) is 4.16. The van der Waals surface area contributed by atoms with Gasteiger partial charge in [-0.2, -0.15) is 0 Å². The summed E-state index contributed by atoms with van der Waals surface area (Å²) in [7, 11) is 3.73. The van der Waals surface area contributed by atoms with E-state index in [4.69, 9.17) is 14.5 Å². The maximum atomic E-state index is 6.13. The SMILES string of the molecule is CNc1c2c(nc3cc(OCCCN4CCCC4)c(OC)cc13)CCCCC2. The topological polar surface area (TPSA) is 46.6 Å². The van der Waals surface area contributed by atoms with E-state index in [9.17, 15) is 0 Å². The normalized spacial score (nSPS) is 17.4. The highest BCUT2D eigenvalue weighted by molar-refractivity contribution is 5.95. The average molecular weight is 384 g/mol. The number of likely N-dealkylation sites (tertiary alicyclic amines) is 1. The van der Waals surface area contributed by atoms with Gasteiger partial charge in [-0.3, -0.25) is 4.98 Å². The number of aromatic nitrogens is 1. The van der Waals surface area contributed by atoms with Gasteiger partial charge in [0.05, 0.1) is 19.2 Å². The number of nitrogens with one attached hydrogen (secondary N) is 1. The number of aryl methyl sites for hydroxylation is 1. The summed E-state index contributed by atoms with van der Waals surface area (Å²) in [6.45, 7) is 4.30. The Bertz CT molecular complexity index is 815. The number of fused-ring (bicyclic) bond motifs is 2. The molecule has 0 saturated carbocycles. The molecule has 1 aliphatic carbocycles. The van der Waals surface area contributed by atoms with Crippen LogP contribution in [0.4, 0.5) is 5.69 Å². The second-order valence-corrected chi connectivity index (χ2v) is 7.99. The molecule has 1 aromatic carbocycles. The molecule has 5 nitrogen and oxygen atoms in total. The van der Waals surface area contributed by atoms with E-state index < -0.39 is 0 Å². The lowest BCUT2D eigenvalue weighted by molar-refractivity contribution is 0.254. The van der Waals surface area contributed by atoms with E-state index in [1.165, 1.54) is 62.1 Å². The van der Waals surface area contributed by atoms with E-state index in [2.05, 4.69) is 22.3 Å². The largest absolute Gasteiger partial charge is 0.493 e. The smallest absolute Gasteiger partial charge is 0.163 e. The van der Waals surface area contributed by atoms with Crippen LogP contribution in [0.25, 0.3) is 10.9 Å². The molecular formula is C23H33N3O2. The zero-order chi connectivity index (χ0) is 19.3. The number of hydrogen-bond donors (Lipinski definition) is 1. The molecule has 2 aliphatic rings. The summed E-state index contributed by atoms with van der Waals surface area (Å²) in [5.74, 6) is 1.60. The van der Waals surface area contributed by atoms with Gasteiger partial charge in [-0.1, -0.05) is 6.42 Å². The molecule has 0 spiro atoms. The Hall–Kier alpha value is -2.01. The number of benzene rings is 1. The minimum absolute atomic E-state index is 0.711. The lowest BCUT2D eigenvalue weighted by Crippen LogP contribution is -2.21. The third kappa shape index (κ3) is 4.04. The molecular weight excluding hydrogens is 350 g/mol. The van der Waals surface area contributed by atoms with Crippen molar-refractivity contribution in [3.63, 3.8) is 0 Å². The van der Waals surface area contributed by atoms with Crippen molar-refractivity contribution in [3.8, 4) is 11.5 Å². The number of nitrogens with zero attached hydrogens (tertiary/aromatic N) is 2. The van der Waals surface area contributed by atoms with Crippen molar-refractivity contribution in [2.24, 2.45) is 0 Å². The highest BCUT2D eigenvalue weighted by Crippen LogP contribution is 2.38. The first kappa shape index (κ1) is 19.3. The van der Waals surface area contributed by atoms with Gasteiger partial charge in [-0.05, 0) is 69.7 Å². The maximum Gasteiger partial charge on any atom is 0.163 e. The van der Waals surface area contributed by atoms with Crippen LogP contribution in [0, 0.1) is 0 Å². The standard InChI is InChI=1S/C23H33N3O2/c1-24-23-17-9-4-3-5-10-19(17)25-20-16-22(21(27-2)15-18(20)23)28-14-8-13-26-11-6-7-12-26/h15-16H,3-14H2,1-2H3,(H,24,25). The van der Waals surface area contributed by atoms with Crippen LogP contribution >= 0.6 is 0 Å². The minimum atomic E-state index is 0.711. The number of ether oxygens (including phenoxy) is 2. The van der Waals surface area contributed by atoms with Crippen LogP contribution in [0.15, 0.2) is 12.1 Å². The molecule has 0 amide bonds. The Kier molecular flexibility index (Phi) is 6.20. The van der Waals surface area contributed by atoms with Crippen molar-refractivity contribution in [2.45, 2.75) is 51.4 Å². The molecule has 4 rings (SSSR count). The third-order valence-corrected chi connectivity index (χ3v) is 6.12. The van der Waals surface area contributed by atoms with Crippen LogP contribution in [0.5, 0.6) is 11.5 Å². The number of hydrogen-bond acceptors (Lipinski definition) is 5. The van der Waals surface area contributed by atoms with Gasteiger partial charge in [-0.15, -0.1) is 0 Å². The van der Waals surface area contributed by atoms with Gasteiger partial charge in [0.25, 0.3) is 0 Å². The van der Waals surface area contributed by atoms with Gasteiger partial charge in [0.1, 0.15) is 0 Å². The van der Waals surface area contributed by atoms with Crippen molar-refractivity contribution < 1.29 is 9.47 Å². The van der Waals surface area contributed by atoms with Crippen LogP contribution in [-0.2, 0) is 12.8 Å². The summed E-state index contributed by atoms with van der Waals surface area (Å²) in [6.07, 6.45) is 9.63. The summed E-state index contributed by atoms with van der Waals surface area (Å²) >= 11 is 0. The van der Waals surface area contributed by atoms with Crippen molar-refractivity contribution in [2.75, 3.05) is 45.7 Å². The number of anilines is 1. The lowest BCUT2D eigenvalue weighted by Gasteiger charge is -2.18. The van der Waals surface area contributed by atoms with Crippen molar-refractivity contribution in [3.05, 3.63) is 23.4 Å². The minimum Gasteiger partial charge on any atom is -0.493 e. The molecule has 2 heterocycles. The molecule has 5 heteroatoms. The highest BCUT2D eigenvalue weighted by atomic mass is 16.5. The van der Waals surface area contributed by atoms with Crippen LogP contribution in [0.3, 0.4) is 0 Å².